The van der Waals surface area contributed by atoms with Crippen molar-refractivity contribution in [1.82, 2.24) is 4.90 Å². The van der Waals surface area contributed by atoms with Gasteiger partial charge in [-0.1, -0.05) is 26.7 Å². The van der Waals surface area contributed by atoms with Crippen molar-refractivity contribution >= 4 is 0 Å². The van der Waals surface area contributed by atoms with Gasteiger partial charge in [0.1, 0.15) is 0 Å². The predicted molar refractivity (Wildman–Crippen MR) is 76.8 cm³/mol. The van der Waals surface area contributed by atoms with Crippen LogP contribution in [-0.2, 0) is 4.74 Å². The molecule has 1 heterocycles. The predicted octanol–water partition coefficient (Wildman–Crippen LogP) is 3.70. The van der Waals surface area contributed by atoms with Crippen LogP contribution in [0.4, 0.5) is 0 Å². The first-order chi connectivity index (χ1) is 8.78. The maximum atomic E-state index is 5.86. The van der Waals surface area contributed by atoms with Gasteiger partial charge in [0, 0.05) is 26.2 Å². The molecule has 1 saturated carbocycles. The fourth-order valence-corrected chi connectivity index (χ4v) is 3.42. The molecular formula is C16H31NO. The van der Waals surface area contributed by atoms with Crippen molar-refractivity contribution in [3.05, 3.63) is 0 Å². The second kappa shape index (κ2) is 7.49. The van der Waals surface area contributed by atoms with Crippen molar-refractivity contribution in [3.8, 4) is 0 Å². The van der Waals surface area contributed by atoms with E-state index in [0.29, 0.717) is 6.10 Å². The van der Waals surface area contributed by atoms with Gasteiger partial charge >= 0.3 is 0 Å². The van der Waals surface area contributed by atoms with Crippen LogP contribution in [0.15, 0.2) is 0 Å². The molecule has 2 fully saturated rings. The number of rotatable bonds is 5. The SMILES string of the molecule is CCCOC1CCN(CC2CCC(C)CC2)CC1. The average molecular weight is 253 g/mol. The quantitative estimate of drug-likeness (QED) is 0.740. The molecule has 0 radical (unpaired) electrons. The van der Waals surface area contributed by atoms with Crippen LogP contribution in [0.25, 0.3) is 0 Å². The van der Waals surface area contributed by atoms with Crippen molar-refractivity contribution in [1.29, 1.82) is 0 Å². The Morgan fingerprint density at radius 2 is 1.67 bits per heavy atom. The van der Waals surface area contributed by atoms with Gasteiger partial charge in [-0.2, -0.15) is 0 Å². The first kappa shape index (κ1) is 14.3. The normalized spacial score (nSPS) is 31.7. The lowest BCUT2D eigenvalue weighted by Gasteiger charge is -2.36. The molecule has 0 aromatic carbocycles. The summed E-state index contributed by atoms with van der Waals surface area (Å²) in [5.41, 5.74) is 0. The number of nitrogens with zero attached hydrogens (tertiary/aromatic N) is 1. The third-order valence-corrected chi connectivity index (χ3v) is 4.74. The van der Waals surface area contributed by atoms with Gasteiger partial charge in [-0.05, 0) is 43.9 Å². The van der Waals surface area contributed by atoms with E-state index in [2.05, 4.69) is 18.7 Å². The molecule has 0 atom stereocenters. The molecule has 2 aliphatic rings. The van der Waals surface area contributed by atoms with E-state index < -0.39 is 0 Å². The maximum Gasteiger partial charge on any atom is 0.0599 e. The van der Waals surface area contributed by atoms with Crippen molar-refractivity contribution in [2.75, 3.05) is 26.2 Å². The summed E-state index contributed by atoms with van der Waals surface area (Å²) >= 11 is 0. The van der Waals surface area contributed by atoms with Crippen molar-refractivity contribution < 1.29 is 4.74 Å². The molecule has 0 bridgehead atoms. The topological polar surface area (TPSA) is 12.5 Å². The summed E-state index contributed by atoms with van der Waals surface area (Å²) in [6, 6.07) is 0. The number of ether oxygens (including phenoxy) is 1. The van der Waals surface area contributed by atoms with Crippen LogP contribution in [0, 0.1) is 11.8 Å². The van der Waals surface area contributed by atoms with Crippen LogP contribution >= 0.6 is 0 Å². The average Bonchev–Trinajstić information content (AvgIpc) is 2.41. The lowest BCUT2D eigenvalue weighted by Crippen LogP contribution is -2.40. The molecule has 0 aromatic heterocycles. The molecule has 0 unspecified atom stereocenters. The van der Waals surface area contributed by atoms with E-state index in [9.17, 15) is 0 Å². The zero-order valence-electron chi connectivity index (χ0n) is 12.4. The maximum absolute atomic E-state index is 5.86. The molecule has 1 aliphatic carbocycles. The minimum absolute atomic E-state index is 0.549. The Morgan fingerprint density at radius 3 is 2.28 bits per heavy atom. The Morgan fingerprint density at radius 1 is 1.00 bits per heavy atom. The summed E-state index contributed by atoms with van der Waals surface area (Å²) in [4.78, 5) is 2.69. The fraction of sp³-hybridized carbons (Fsp3) is 1.00. The molecular weight excluding hydrogens is 222 g/mol. The molecule has 18 heavy (non-hydrogen) atoms. The second-order valence-electron chi connectivity index (χ2n) is 6.50. The van der Waals surface area contributed by atoms with Crippen molar-refractivity contribution in [2.45, 2.75) is 64.9 Å². The van der Waals surface area contributed by atoms with Crippen LogP contribution in [-0.4, -0.2) is 37.2 Å². The second-order valence-corrected chi connectivity index (χ2v) is 6.50. The third kappa shape index (κ3) is 4.55. The van der Waals surface area contributed by atoms with Crippen LogP contribution in [0.1, 0.15) is 58.8 Å². The Labute approximate surface area is 113 Å². The van der Waals surface area contributed by atoms with E-state index in [0.717, 1.165) is 24.9 Å². The molecule has 1 saturated heterocycles. The molecule has 2 nitrogen and oxygen atoms in total. The van der Waals surface area contributed by atoms with E-state index in [-0.39, 0.29) is 0 Å². The summed E-state index contributed by atoms with van der Waals surface area (Å²) in [5.74, 6) is 1.96. The highest BCUT2D eigenvalue weighted by atomic mass is 16.5. The summed E-state index contributed by atoms with van der Waals surface area (Å²) in [6.45, 7) is 9.44. The van der Waals surface area contributed by atoms with Gasteiger partial charge in [0.05, 0.1) is 6.10 Å². The molecule has 0 aromatic rings. The van der Waals surface area contributed by atoms with Gasteiger partial charge < -0.3 is 9.64 Å². The van der Waals surface area contributed by atoms with Crippen LogP contribution < -0.4 is 0 Å². The van der Waals surface area contributed by atoms with Crippen molar-refractivity contribution in [2.24, 2.45) is 11.8 Å². The Balaban J connectivity index is 1.61. The Hall–Kier alpha value is -0.0800. The summed E-state index contributed by atoms with van der Waals surface area (Å²) < 4.78 is 5.86. The monoisotopic (exact) mass is 253 g/mol. The minimum Gasteiger partial charge on any atom is -0.378 e. The van der Waals surface area contributed by atoms with Gasteiger partial charge in [-0.25, -0.2) is 0 Å². The van der Waals surface area contributed by atoms with Gasteiger partial charge in [-0.3, -0.25) is 0 Å². The zero-order chi connectivity index (χ0) is 12.8. The molecule has 0 spiro atoms. The van der Waals surface area contributed by atoms with Gasteiger partial charge in [0.15, 0.2) is 0 Å². The van der Waals surface area contributed by atoms with Gasteiger partial charge in [0.2, 0.25) is 0 Å². The number of hydrogen-bond donors (Lipinski definition) is 0. The Bertz CT molecular complexity index is 215. The Kier molecular flexibility index (Phi) is 5.97. The number of likely N-dealkylation sites (tertiary alicyclic amines) is 1. The van der Waals surface area contributed by atoms with E-state index in [1.165, 1.54) is 58.2 Å². The third-order valence-electron chi connectivity index (χ3n) is 4.74. The largest absolute Gasteiger partial charge is 0.378 e. The van der Waals surface area contributed by atoms with E-state index in [4.69, 9.17) is 4.74 Å². The zero-order valence-corrected chi connectivity index (χ0v) is 12.4. The fourth-order valence-electron chi connectivity index (χ4n) is 3.42. The first-order valence-corrected chi connectivity index (χ1v) is 8.12. The van der Waals surface area contributed by atoms with Gasteiger partial charge in [0.25, 0.3) is 0 Å². The smallest absolute Gasteiger partial charge is 0.0599 e. The van der Waals surface area contributed by atoms with Crippen LogP contribution in [0.3, 0.4) is 0 Å². The molecule has 2 heteroatoms. The molecule has 2 rings (SSSR count). The highest BCUT2D eigenvalue weighted by Crippen LogP contribution is 2.29. The molecule has 106 valence electrons. The molecule has 0 amide bonds. The minimum atomic E-state index is 0.549. The summed E-state index contributed by atoms with van der Waals surface area (Å²) in [5, 5.41) is 0. The number of piperidine rings is 1. The first-order valence-electron chi connectivity index (χ1n) is 8.12. The summed E-state index contributed by atoms with van der Waals surface area (Å²) in [6.07, 6.45) is 10.1. The van der Waals surface area contributed by atoms with Crippen LogP contribution in [0.5, 0.6) is 0 Å². The summed E-state index contributed by atoms with van der Waals surface area (Å²) in [7, 11) is 0. The van der Waals surface area contributed by atoms with Gasteiger partial charge in [-0.15, -0.1) is 0 Å². The van der Waals surface area contributed by atoms with E-state index in [1.54, 1.807) is 0 Å². The standard InChI is InChI=1S/C16H31NO/c1-3-12-18-16-8-10-17(11-9-16)13-15-6-4-14(2)5-7-15/h14-16H,3-13H2,1-2H3. The molecule has 0 N–H and O–H groups in total. The van der Waals surface area contributed by atoms with Crippen LogP contribution in [0.2, 0.25) is 0 Å². The molecule has 1 aliphatic heterocycles. The highest BCUT2D eigenvalue weighted by molar-refractivity contribution is 4.77. The lowest BCUT2D eigenvalue weighted by molar-refractivity contribution is 0.00343. The van der Waals surface area contributed by atoms with E-state index >= 15 is 0 Å². The lowest BCUT2D eigenvalue weighted by atomic mass is 9.82. The number of hydrogen-bond acceptors (Lipinski definition) is 2. The van der Waals surface area contributed by atoms with Crippen molar-refractivity contribution in [3.63, 3.8) is 0 Å². The van der Waals surface area contributed by atoms with E-state index in [1.807, 2.05) is 0 Å². The highest BCUT2D eigenvalue weighted by Gasteiger charge is 2.24.